The third-order valence-electron chi connectivity index (χ3n) is 1.93. The van der Waals surface area contributed by atoms with E-state index in [4.69, 9.17) is 0 Å². The van der Waals surface area contributed by atoms with E-state index in [1.54, 1.807) is 6.07 Å². The molecule has 0 spiro atoms. The fraction of sp³-hybridized carbons (Fsp3) is 0.0769. The minimum absolute atomic E-state index is 0.237. The zero-order chi connectivity index (χ0) is 12.7. The number of amidine groups is 1. The van der Waals surface area contributed by atoms with Crippen molar-refractivity contribution in [3.63, 3.8) is 0 Å². The molecule has 1 aromatic rings. The molecule has 0 bridgehead atoms. The summed E-state index contributed by atoms with van der Waals surface area (Å²) in [5.41, 5.74) is 1.54. The second-order valence-corrected chi connectivity index (χ2v) is 3.30. The van der Waals surface area contributed by atoms with Crippen LogP contribution in [0.5, 0.6) is 0 Å². The number of nitrogens with zero attached hydrogens (tertiary/aromatic N) is 1. The number of amides is 1. The quantitative estimate of drug-likeness (QED) is 0.474. The predicted octanol–water partition coefficient (Wildman–Crippen LogP) is 2.78. The highest BCUT2D eigenvalue weighted by Crippen LogP contribution is 2.15. The van der Waals surface area contributed by atoms with Gasteiger partial charge in [0.1, 0.15) is 5.84 Å². The van der Waals surface area contributed by atoms with E-state index in [0.717, 1.165) is 11.5 Å². The van der Waals surface area contributed by atoms with Crippen molar-refractivity contribution in [3.8, 4) is 0 Å². The number of anilines is 2. The molecule has 2 N–H and O–H groups in total. The largest absolute Gasteiger partial charge is 0.344 e. The van der Waals surface area contributed by atoms with Crippen molar-refractivity contribution in [1.29, 1.82) is 0 Å². The summed E-state index contributed by atoms with van der Waals surface area (Å²) < 4.78 is 0. The molecule has 1 amide bonds. The molecule has 88 valence electrons. The van der Waals surface area contributed by atoms with Gasteiger partial charge in [-0.1, -0.05) is 19.2 Å². The zero-order valence-corrected chi connectivity index (χ0v) is 9.73. The maximum absolute atomic E-state index is 11.1. The van der Waals surface area contributed by atoms with E-state index in [9.17, 15) is 4.79 Å². The molecule has 0 saturated heterocycles. The number of hydrogen-bond donors (Lipinski definition) is 2. The van der Waals surface area contributed by atoms with Gasteiger partial charge in [0, 0.05) is 17.6 Å². The van der Waals surface area contributed by atoms with Crippen LogP contribution in [0.4, 0.5) is 11.4 Å². The topological polar surface area (TPSA) is 53.5 Å². The summed E-state index contributed by atoms with van der Waals surface area (Å²) in [6, 6.07) is 7.32. The maximum Gasteiger partial charge on any atom is 0.247 e. The molecule has 0 aromatic heterocycles. The summed E-state index contributed by atoms with van der Waals surface area (Å²) >= 11 is 0. The summed E-state index contributed by atoms with van der Waals surface area (Å²) in [5, 5.41) is 5.76. The van der Waals surface area contributed by atoms with Crippen LogP contribution < -0.4 is 10.6 Å². The first kappa shape index (κ1) is 12.7. The Labute approximate surface area is 101 Å². The Morgan fingerprint density at radius 2 is 1.94 bits per heavy atom. The van der Waals surface area contributed by atoms with Crippen LogP contribution in [0.25, 0.3) is 0 Å². The summed E-state index contributed by atoms with van der Waals surface area (Å²) in [6.45, 7) is 8.74. The Balaban J connectivity index is 2.78. The van der Waals surface area contributed by atoms with Crippen molar-refractivity contribution in [2.24, 2.45) is 4.99 Å². The fourth-order valence-electron chi connectivity index (χ4n) is 1.25. The molecule has 0 aliphatic carbocycles. The normalized spacial score (nSPS) is 10.5. The zero-order valence-electron chi connectivity index (χ0n) is 9.73. The van der Waals surface area contributed by atoms with Crippen molar-refractivity contribution in [3.05, 3.63) is 49.7 Å². The van der Waals surface area contributed by atoms with Gasteiger partial charge in [-0.2, -0.15) is 0 Å². The van der Waals surface area contributed by atoms with Crippen molar-refractivity contribution in [2.45, 2.75) is 6.92 Å². The highest BCUT2D eigenvalue weighted by molar-refractivity contribution is 6.00. The van der Waals surface area contributed by atoms with E-state index < -0.39 is 0 Å². The lowest BCUT2D eigenvalue weighted by molar-refractivity contribution is -0.111. The first-order valence-electron chi connectivity index (χ1n) is 5.11. The SMILES string of the molecule is C=CN=C(C)Nc1cccc(NC(=O)C=C)c1. The summed E-state index contributed by atoms with van der Waals surface area (Å²) in [5.74, 6) is 0.492. The Morgan fingerprint density at radius 1 is 1.29 bits per heavy atom. The molecular formula is C13H15N3O. The van der Waals surface area contributed by atoms with Crippen LogP contribution >= 0.6 is 0 Å². The number of aliphatic imine (C=N–C) groups is 1. The molecule has 0 unspecified atom stereocenters. The Morgan fingerprint density at radius 3 is 2.53 bits per heavy atom. The predicted molar refractivity (Wildman–Crippen MR) is 72.2 cm³/mol. The average Bonchev–Trinajstić information content (AvgIpc) is 2.29. The van der Waals surface area contributed by atoms with Gasteiger partial charge >= 0.3 is 0 Å². The maximum atomic E-state index is 11.1. The van der Waals surface area contributed by atoms with Gasteiger partial charge in [-0.25, -0.2) is 4.99 Å². The van der Waals surface area contributed by atoms with E-state index in [0.29, 0.717) is 5.69 Å². The van der Waals surface area contributed by atoms with Crippen LogP contribution in [-0.2, 0) is 4.79 Å². The Kier molecular flexibility index (Phi) is 4.69. The van der Waals surface area contributed by atoms with Crippen LogP contribution in [0.3, 0.4) is 0 Å². The average molecular weight is 229 g/mol. The van der Waals surface area contributed by atoms with Crippen LogP contribution in [0, 0.1) is 0 Å². The standard InChI is InChI=1S/C13H15N3O/c1-4-13(17)16-12-8-6-7-11(9-12)15-10(3)14-5-2/h4-9H,1-2H2,3H3,(H,14,15)(H,16,17). The number of rotatable bonds is 4. The van der Waals surface area contributed by atoms with E-state index in [2.05, 4.69) is 28.8 Å². The van der Waals surface area contributed by atoms with Gasteiger partial charge < -0.3 is 10.6 Å². The Bertz CT molecular complexity index is 463. The molecule has 0 atom stereocenters. The fourth-order valence-corrected chi connectivity index (χ4v) is 1.25. The molecule has 0 heterocycles. The lowest BCUT2D eigenvalue weighted by Crippen LogP contribution is -2.09. The minimum atomic E-state index is -0.237. The second kappa shape index (κ2) is 6.27. The molecule has 0 fully saturated rings. The molecular weight excluding hydrogens is 214 g/mol. The van der Waals surface area contributed by atoms with Gasteiger partial charge in [0.25, 0.3) is 0 Å². The molecule has 4 heteroatoms. The first-order valence-corrected chi connectivity index (χ1v) is 5.11. The smallest absolute Gasteiger partial charge is 0.247 e. The summed E-state index contributed by atoms with van der Waals surface area (Å²) in [7, 11) is 0. The molecule has 0 saturated carbocycles. The van der Waals surface area contributed by atoms with Crippen LogP contribution in [-0.4, -0.2) is 11.7 Å². The molecule has 17 heavy (non-hydrogen) atoms. The number of benzene rings is 1. The van der Waals surface area contributed by atoms with Gasteiger partial charge in [-0.05, 0) is 31.2 Å². The van der Waals surface area contributed by atoms with Crippen LogP contribution in [0.1, 0.15) is 6.92 Å². The van der Waals surface area contributed by atoms with Gasteiger partial charge in [-0.3, -0.25) is 4.79 Å². The van der Waals surface area contributed by atoms with Gasteiger partial charge in [0.15, 0.2) is 0 Å². The molecule has 0 aliphatic rings. The summed E-state index contributed by atoms with van der Waals surface area (Å²) in [4.78, 5) is 15.1. The van der Waals surface area contributed by atoms with Gasteiger partial charge in [0.2, 0.25) is 5.91 Å². The molecule has 0 radical (unpaired) electrons. The highest BCUT2D eigenvalue weighted by atomic mass is 16.1. The van der Waals surface area contributed by atoms with Crippen molar-refractivity contribution in [1.82, 2.24) is 0 Å². The van der Waals surface area contributed by atoms with E-state index >= 15 is 0 Å². The molecule has 1 rings (SSSR count). The number of carbonyl (C=O) groups excluding carboxylic acids is 1. The van der Waals surface area contributed by atoms with Crippen LogP contribution in [0.2, 0.25) is 0 Å². The summed E-state index contributed by atoms with van der Waals surface area (Å²) in [6.07, 6.45) is 2.69. The monoisotopic (exact) mass is 229 g/mol. The second-order valence-electron chi connectivity index (χ2n) is 3.30. The van der Waals surface area contributed by atoms with E-state index in [1.165, 1.54) is 12.3 Å². The first-order chi connectivity index (χ1) is 8.15. The van der Waals surface area contributed by atoms with Gasteiger partial charge in [0.05, 0.1) is 0 Å². The number of carbonyl (C=O) groups is 1. The van der Waals surface area contributed by atoms with Crippen molar-refractivity contribution >= 4 is 23.1 Å². The molecule has 0 aliphatic heterocycles. The van der Waals surface area contributed by atoms with E-state index in [-0.39, 0.29) is 5.91 Å². The lowest BCUT2D eigenvalue weighted by Gasteiger charge is -2.07. The highest BCUT2D eigenvalue weighted by Gasteiger charge is 1.99. The van der Waals surface area contributed by atoms with Crippen LogP contribution in [0.15, 0.2) is 54.7 Å². The third-order valence-corrected chi connectivity index (χ3v) is 1.93. The van der Waals surface area contributed by atoms with Gasteiger partial charge in [-0.15, -0.1) is 0 Å². The van der Waals surface area contributed by atoms with E-state index in [1.807, 2.05) is 25.1 Å². The lowest BCUT2D eigenvalue weighted by atomic mass is 10.2. The van der Waals surface area contributed by atoms with Crippen molar-refractivity contribution < 1.29 is 4.79 Å². The third kappa shape index (κ3) is 4.34. The molecule has 1 aromatic carbocycles. The Hall–Kier alpha value is -2.36. The minimum Gasteiger partial charge on any atom is -0.344 e. The molecule has 4 nitrogen and oxygen atoms in total. The van der Waals surface area contributed by atoms with Crippen molar-refractivity contribution in [2.75, 3.05) is 10.6 Å². The number of hydrogen-bond acceptors (Lipinski definition) is 2. The number of nitrogens with one attached hydrogen (secondary N) is 2.